The summed E-state index contributed by atoms with van der Waals surface area (Å²) in [5, 5.41) is 11.5. The predicted molar refractivity (Wildman–Crippen MR) is 138 cm³/mol. The van der Waals surface area contributed by atoms with E-state index in [-0.39, 0.29) is 17.5 Å². The summed E-state index contributed by atoms with van der Waals surface area (Å²) in [4.78, 5) is 29.6. The Morgan fingerprint density at radius 3 is 2.44 bits per heavy atom. The van der Waals surface area contributed by atoms with E-state index in [4.69, 9.17) is 0 Å². The average molecular weight is 482 g/mol. The molecule has 0 aliphatic carbocycles. The lowest BCUT2D eigenvalue weighted by Gasteiger charge is -2.33. The Balaban J connectivity index is 2.61. The van der Waals surface area contributed by atoms with E-state index in [1.165, 1.54) is 22.2 Å². The Labute approximate surface area is 203 Å². The fourth-order valence-corrected chi connectivity index (χ4v) is 6.11. The SMILES string of the molecule is CCCCC(C)[C@](O)(CCCCCC/C(=C/C=O)CCC)C(=O)CSc1nc(C)c(C)s1. The first-order valence-corrected chi connectivity index (χ1v) is 14.0. The summed E-state index contributed by atoms with van der Waals surface area (Å²) in [6, 6.07) is 0. The molecule has 0 aliphatic heterocycles. The van der Waals surface area contributed by atoms with Crippen molar-refractivity contribution in [2.45, 2.75) is 115 Å². The first-order valence-electron chi connectivity index (χ1n) is 12.2. The third-order valence-electron chi connectivity index (χ3n) is 6.31. The van der Waals surface area contributed by atoms with Crippen molar-refractivity contribution in [3.8, 4) is 0 Å². The molecule has 0 saturated heterocycles. The molecule has 182 valence electrons. The van der Waals surface area contributed by atoms with E-state index in [1.54, 1.807) is 17.4 Å². The largest absolute Gasteiger partial charge is 0.382 e. The topological polar surface area (TPSA) is 67.3 Å². The van der Waals surface area contributed by atoms with Crippen LogP contribution in [0.5, 0.6) is 0 Å². The van der Waals surface area contributed by atoms with Crippen molar-refractivity contribution in [3.63, 3.8) is 0 Å². The van der Waals surface area contributed by atoms with Crippen LogP contribution in [-0.4, -0.2) is 33.5 Å². The fraction of sp³-hybridized carbons (Fsp3) is 0.731. The number of allylic oxidation sites excluding steroid dienone is 2. The standard InChI is InChI=1S/C26H43NO3S2/c1-6-8-14-20(3)26(30,24(29)19-31-25-27-21(4)22(5)32-25)17-12-10-9-11-15-23(13-7-2)16-18-28/h16,18,20,30H,6-15,17,19H2,1-5H3/b23-16+/t20?,26-/m1/s1. The molecule has 1 heterocycles. The molecule has 1 rings (SSSR count). The molecule has 1 aromatic rings. The lowest BCUT2D eigenvalue weighted by molar-refractivity contribution is -0.141. The quantitative estimate of drug-likeness (QED) is 0.104. The van der Waals surface area contributed by atoms with Gasteiger partial charge in [0.15, 0.2) is 10.1 Å². The average Bonchev–Trinajstić information content (AvgIpc) is 3.09. The Hall–Kier alpha value is -0.980. The molecule has 0 aliphatic rings. The molecule has 0 bridgehead atoms. The van der Waals surface area contributed by atoms with Crippen LogP contribution in [-0.2, 0) is 9.59 Å². The molecule has 32 heavy (non-hydrogen) atoms. The van der Waals surface area contributed by atoms with Gasteiger partial charge in [-0.3, -0.25) is 9.59 Å². The fourth-order valence-electron chi connectivity index (χ4n) is 3.98. The number of carbonyl (C=O) groups is 2. The minimum Gasteiger partial charge on any atom is -0.382 e. The Morgan fingerprint density at radius 2 is 1.84 bits per heavy atom. The van der Waals surface area contributed by atoms with Crippen LogP contribution >= 0.6 is 23.1 Å². The lowest BCUT2D eigenvalue weighted by Crippen LogP contribution is -2.46. The lowest BCUT2D eigenvalue weighted by atomic mass is 9.78. The van der Waals surface area contributed by atoms with Crippen molar-refractivity contribution in [2.24, 2.45) is 5.92 Å². The van der Waals surface area contributed by atoms with Gasteiger partial charge < -0.3 is 5.11 Å². The van der Waals surface area contributed by atoms with Crippen LogP contribution in [0.1, 0.15) is 102 Å². The van der Waals surface area contributed by atoms with Crippen molar-refractivity contribution in [1.29, 1.82) is 0 Å². The highest BCUT2D eigenvalue weighted by Gasteiger charge is 2.39. The number of aldehydes is 1. The summed E-state index contributed by atoms with van der Waals surface area (Å²) in [7, 11) is 0. The maximum Gasteiger partial charge on any atom is 0.174 e. The van der Waals surface area contributed by atoms with Gasteiger partial charge >= 0.3 is 0 Å². The molecule has 0 fully saturated rings. The van der Waals surface area contributed by atoms with E-state index >= 15 is 0 Å². The number of thioether (sulfide) groups is 1. The zero-order valence-electron chi connectivity index (χ0n) is 20.7. The molecule has 1 aromatic heterocycles. The molecule has 1 unspecified atom stereocenters. The maximum atomic E-state index is 13.2. The molecular formula is C26H43NO3S2. The highest BCUT2D eigenvalue weighted by atomic mass is 32.2. The Morgan fingerprint density at radius 1 is 1.12 bits per heavy atom. The molecule has 4 nitrogen and oxygen atoms in total. The normalized spacial score (nSPS) is 14.9. The summed E-state index contributed by atoms with van der Waals surface area (Å²) in [6.45, 7) is 10.3. The second-order valence-electron chi connectivity index (χ2n) is 8.93. The highest BCUT2D eigenvalue weighted by Crippen LogP contribution is 2.33. The van der Waals surface area contributed by atoms with Gasteiger partial charge in [0, 0.05) is 4.88 Å². The number of nitrogens with zero attached hydrogens (tertiary/aromatic N) is 1. The minimum absolute atomic E-state index is 0.0398. The van der Waals surface area contributed by atoms with Crippen LogP contribution in [0.3, 0.4) is 0 Å². The molecular weight excluding hydrogens is 438 g/mol. The molecule has 0 saturated carbocycles. The van der Waals surface area contributed by atoms with Crippen LogP contribution in [0.15, 0.2) is 16.0 Å². The van der Waals surface area contributed by atoms with Gasteiger partial charge in [-0.15, -0.1) is 11.3 Å². The first-order chi connectivity index (χ1) is 15.3. The summed E-state index contributed by atoms with van der Waals surface area (Å²) < 4.78 is 0.906. The molecule has 1 N–H and O–H groups in total. The number of hydrogen-bond donors (Lipinski definition) is 1. The highest BCUT2D eigenvalue weighted by molar-refractivity contribution is 8.01. The van der Waals surface area contributed by atoms with Gasteiger partial charge in [-0.25, -0.2) is 4.98 Å². The van der Waals surface area contributed by atoms with Crippen molar-refractivity contribution in [2.75, 3.05) is 5.75 Å². The van der Waals surface area contributed by atoms with E-state index in [2.05, 4.69) is 18.8 Å². The molecule has 0 aromatic carbocycles. The van der Waals surface area contributed by atoms with Crippen LogP contribution in [0, 0.1) is 19.8 Å². The van der Waals surface area contributed by atoms with Gasteiger partial charge in [-0.1, -0.05) is 76.6 Å². The van der Waals surface area contributed by atoms with Crippen LogP contribution in [0.25, 0.3) is 0 Å². The molecule has 2 atom stereocenters. The maximum absolute atomic E-state index is 13.2. The summed E-state index contributed by atoms with van der Waals surface area (Å²) in [5.74, 6) is 0.175. The third kappa shape index (κ3) is 9.88. The van der Waals surface area contributed by atoms with Crippen molar-refractivity contribution >= 4 is 35.2 Å². The zero-order chi connectivity index (χ0) is 24.0. The number of aryl methyl sites for hydroxylation is 2. The third-order valence-corrected chi connectivity index (χ3v) is 8.52. The molecule has 6 heteroatoms. The van der Waals surface area contributed by atoms with E-state index < -0.39 is 5.60 Å². The van der Waals surface area contributed by atoms with Crippen LogP contribution in [0.2, 0.25) is 0 Å². The van der Waals surface area contributed by atoms with Crippen molar-refractivity contribution in [1.82, 2.24) is 4.98 Å². The summed E-state index contributed by atoms with van der Waals surface area (Å²) >= 11 is 3.07. The number of Topliss-reactive ketones (excluding diaryl/α,β-unsaturated/α-hetero) is 1. The van der Waals surface area contributed by atoms with E-state index in [0.717, 1.165) is 80.5 Å². The molecule has 0 amide bonds. The number of rotatable bonds is 18. The second-order valence-corrected chi connectivity index (χ2v) is 11.4. The number of thiazole rings is 1. The first kappa shape index (κ1) is 29.1. The van der Waals surface area contributed by atoms with E-state index in [9.17, 15) is 14.7 Å². The van der Waals surface area contributed by atoms with Crippen LogP contribution < -0.4 is 0 Å². The second kappa shape index (κ2) is 15.8. The van der Waals surface area contributed by atoms with Crippen molar-refractivity contribution < 1.29 is 14.7 Å². The zero-order valence-corrected chi connectivity index (χ0v) is 22.4. The summed E-state index contributed by atoms with van der Waals surface area (Å²) in [6.07, 6.45) is 13.0. The van der Waals surface area contributed by atoms with Gasteiger partial charge in [-0.2, -0.15) is 0 Å². The number of unbranched alkanes of at least 4 members (excludes halogenated alkanes) is 4. The Kier molecular flexibility index (Phi) is 14.3. The van der Waals surface area contributed by atoms with E-state index in [0.29, 0.717) is 6.42 Å². The van der Waals surface area contributed by atoms with E-state index in [1.807, 2.05) is 20.8 Å². The van der Waals surface area contributed by atoms with Gasteiger partial charge in [0.25, 0.3) is 0 Å². The number of hydrogen-bond acceptors (Lipinski definition) is 6. The van der Waals surface area contributed by atoms with Crippen molar-refractivity contribution in [3.05, 3.63) is 22.2 Å². The molecule has 0 spiro atoms. The monoisotopic (exact) mass is 481 g/mol. The van der Waals surface area contributed by atoms with Crippen LogP contribution in [0.4, 0.5) is 0 Å². The minimum atomic E-state index is -1.26. The van der Waals surface area contributed by atoms with Gasteiger partial charge in [0.2, 0.25) is 0 Å². The predicted octanol–water partition coefficient (Wildman–Crippen LogP) is 7.24. The summed E-state index contributed by atoms with van der Waals surface area (Å²) in [5.41, 5.74) is 0.988. The Bertz CT molecular complexity index is 709. The van der Waals surface area contributed by atoms with Gasteiger partial charge in [0.05, 0.1) is 11.4 Å². The van der Waals surface area contributed by atoms with Gasteiger partial charge in [0.1, 0.15) is 11.9 Å². The number of aromatic nitrogens is 1. The number of aliphatic hydroxyl groups is 1. The molecule has 0 radical (unpaired) electrons. The van der Waals surface area contributed by atoms with Gasteiger partial charge in [-0.05, 0) is 57.9 Å². The smallest absolute Gasteiger partial charge is 0.174 e. The number of carbonyl (C=O) groups excluding carboxylic acids is 2. The number of ketones is 1.